The Morgan fingerprint density at radius 1 is 0.909 bits per heavy atom. The van der Waals surface area contributed by atoms with E-state index in [1.54, 1.807) is 0 Å². The maximum absolute atomic E-state index is 2.26. The summed E-state index contributed by atoms with van der Waals surface area (Å²) in [7, 11) is 0. The minimum atomic E-state index is 1.37. The van der Waals surface area contributed by atoms with Crippen LogP contribution in [0.5, 0.6) is 0 Å². The topological polar surface area (TPSA) is 0 Å². The summed E-state index contributed by atoms with van der Waals surface area (Å²) in [6.45, 7) is 6.51. The van der Waals surface area contributed by atoms with Gasteiger partial charge in [0.15, 0.2) is 0 Å². The molecule has 0 bridgehead atoms. The maximum Gasteiger partial charge on any atom is -0.0149 e. The maximum atomic E-state index is 2.26. The van der Waals surface area contributed by atoms with Gasteiger partial charge in [0, 0.05) is 0 Å². The quantitative estimate of drug-likeness (QED) is 0.490. The lowest BCUT2D eigenvalue weighted by Gasteiger charge is -1.96. The lowest BCUT2D eigenvalue weighted by molar-refractivity contribution is 1.37. The van der Waals surface area contributed by atoms with Gasteiger partial charge in [0.1, 0.15) is 0 Å². The van der Waals surface area contributed by atoms with E-state index in [0.29, 0.717) is 0 Å². The molecular weight excluding hydrogens is 132 g/mol. The van der Waals surface area contributed by atoms with E-state index in [4.69, 9.17) is 0 Å². The van der Waals surface area contributed by atoms with Gasteiger partial charge in [0.25, 0.3) is 0 Å². The molecule has 0 aromatic rings. The SMILES string of the molecule is CC1=CC2=CC(C)=C(C)C2=C1. The second-order valence-corrected chi connectivity index (χ2v) is 3.35. The Kier molecular flexibility index (Phi) is 1.19. The van der Waals surface area contributed by atoms with Gasteiger partial charge in [-0.25, -0.2) is 0 Å². The van der Waals surface area contributed by atoms with Crippen LogP contribution in [0.2, 0.25) is 0 Å². The number of fused-ring (bicyclic) bond motifs is 1. The summed E-state index contributed by atoms with van der Waals surface area (Å²) in [6, 6.07) is 0. The highest BCUT2D eigenvalue weighted by atomic mass is 14.2. The fourth-order valence-electron chi connectivity index (χ4n) is 1.67. The van der Waals surface area contributed by atoms with Gasteiger partial charge in [-0.2, -0.15) is 0 Å². The third-order valence-electron chi connectivity index (χ3n) is 2.43. The molecule has 0 N–H and O–H groups in total. The molecule has 0 atom stereocenters. The van der Waals surface area contributed by atoms with Crippen LogP contribution in [0.4, 0.5) is 0 Å². The first kappa shape index (κ1) is 6.66. The van der Waals surface area contributed by atoms with Crippen molar-refractivity contribution in [1.82, 2.24) is 0 Å². The van der Waals surface area contributed by atoms with Crippen molar-refractivity contribution < 1.29 is 0 Å². The summed E-state index contributed by atoms with van der Waals surface area (Å²) in [6.07, 6.45) is 6.77. The van der Waals surface area contributed by atoms with E-state index in [-0.39, 0.29) is 0 Å². The molecule has 0 saturated heterocycles. The molecule has 2 aliphatic carbocycles. The van der Waals surface area contributed by atoms with Gasteiger partial charge in [-0.1, -0.05) is 18.2 Å². The predicted octanol–water partition coefficient (Wildman–Crippen LogP) is 3.15. The summed E-state index contributed by atoms with van der Waals surface area (Å²) in [5.74, 6) is 0. The minimum absolute atomic E-state index is 1.37. The number of hydrogen-bond acceptors (Lipinski definition) is 0. The zero-order valence-electron chi connectivity index (χ0n) is 7.23. The van der Waals surface area contributed by atoms with Gasteiger partial charge in [-0.15, -0.1) is 0 Å². The largest absolute Gasteiger partial charge is 0.0514 e. The molecule has 0 aromatic carbocycles. The van der Waals surface area contributed by atoms with E-state index in [9.17, 15) is 0 Å². The van der Waals surface area contributed by atoms with Crippen molar-refractivity contribution in [3.63, 3.8) is 0 Å². The fraction of sp³-hybridized carbons (Fsp3) is 0.273. The van der Waals surface area contributed by atoms with Gasteiger partial charge in [0.05, 0.1) is 0 Å². The van der Waals surface area contributed by atoms with Crippen molar-refractivity contribution in [3.05, 3.63) is 46.1 Å². The summed E-state index contributed by atoms with van der Waals surface area (Å²) in [5.41, 5.74) is 7.05. The number of allylic oxidation sites excluding steroid dienone is 8. The smallest absolute Gasteiger partial charge is 0.0149 e. The van der Waals surface area contributed by atoms with Crippen molar-refractivity contribution in [3.8, 4) is 0 Å². The van der Waals surface area contributed by atoms with Crippen molar-refractivity contribution in [2.75, 3.05) is 0 Å². The van der Waals surface area contributed by atoms with Crippen molar-refractivity contribution in [1.29, 1.82) is 0 Å². The van der Waals surface area contributed by atoms with Crippen LogP contribution in [0.15, 0.2) is 46.1 Å². The molecule has 0 nitrogen and oxygen atoms in total. The van der Waals surface area contributed by atoms with Crippen LogP contribution >= 0.6 is 0 Å². The van der Waals surface area contributed by atoms with Gasteiger partial charge in [-0.3, -0.25) is 0 Å². The molecule has 2 aliphatic rings. The Labute approximate surface area is 67.6 Å². The fourth-order valence-corrected chi connectivity index (χ4v) is 1.67. The van der Waals surface area contributed by atoms with Gasteiger partial charge < -0.3 is 0 Å². The van der Waals surface area contributed by atoms with Gasteiger partial charge >= 0.3 is 0 Å². The van der Waals surface area contributed by atoms with Crippen molar-refractivity contribution >= 4 is 0 Å². The summed E-state index contributed by atoms with van der Waals surface area (Å²) in [4.78, 5) is 0. The first-order valence-corrected chi connectivity index (χ1v) is 3.98. The van der Waals surface area contributed by atoms with E-state index in [1.165, 1.54) is 27.9 Å². The molecule has 11 heavy (non-hydrogen) atoms. The molecule has 0 amide bonds. The van der Waals surface area contributed by atoms with Crippen LogP contribution < -0.4 is 0 Å². The molecule has 0 aromatic heterocycles. The average molecular weight is 144 g/mol. The molecule has 0 aliphatic heterocycles. The zero-order chi connectivity index (χ0) is 8.01. The predicted molar refractivity (Wildman–Crippen MR) is 48.3 cm³/mol. The van der Waals surface area contributed by atoms with Crippen LogP contribution in [-0.4, -0.2) is 0 Å². The summed E-state index contributed by atoms with van der Waals surface area (Å²) < 4.78 is 0. The van der Waals surface area contributed by atoms with Gasteiger partial charge in [-0.05, 0) is 48.6 Å². The number of hydrogen-bond donors (Lipinski definition) is 0. The van der Waals surface area contributed by atoms with Crippen LogP contribution in [0, 0.1) is 0 Å². The molecule has 0 radical (unpaired) electrons. The van der Waals surface area contributed by atoms with Crippen LogP contribution in [0.3, 0.4) is 0 Å². The molecule has 0 spiro atoms. The highest BCUT2D eigenvalue weighted by molar-refractivity contribution is 5.67. The molecule has 0 heterocycles. The van der Waals surface area contributed by atoms with Crippen molar-refractivity contribution in [2.45, 2.75) is 20.8 Å². The Morgan fingerprint density at radius 3 is 2.27 bits per heavy atom. The van der Waals surface area contributed by atoms with Crippen LogP contribution in [0.25, 0.3) is 0 Å². The molecule has 0 fully saturated rings. The molecular formula is C11H12. The first-order chi connectivity index (χ1) is 5.18. The second kappa shape index (κ2) is 1.97. The van der Waals surface area contributed by atoms with E-state index < -0.39 is 0 Å². The summed E-state index contributed by atoms with van der Waals surface area (Å²) in [5, 5.41) is 0. The highest BCUT2D eigenvalue weighted by Gasteiger charge is 2.17. The Bertz CT molecular complexity index is 333. The van der Waals surface area contributed by atoms with E-state index in [2.05, 4.69) is 39.0 Å². The van der Waals surface area contributed by atoms with Crippen molar-refractivity contribution in [2.24, 2.45) is 0 Å². The molecule has 0 unspecified atom stereocenters. The lowest BCUT2D eigenvalue weighted by atomic mass is 10.1. The third-order valence-corrected chi connectivity index (χ3v) is 2.43. The second-order valence-electron chi connectivity index (χ2n) is 3.35. The Hall–Kier alpha value is -1.04. The highest BCUT2D eigenvalue weighted by Crippen LogP contribution is 2.36. The monoisotopic (exact) mass is 144 g/mol. The molecule has 2 rings (SSSR count). The zero-order valence-corrected chi connectivity index (χ0v) is 7.23. The molecule has 0 heteroatoms. The van der Waals surface area contributed by atoms with Crippen LogP contribution in [-0.2, 0) is 0 Å². The van der Waals surface area contributed by atoms with Gasteiger partial charge in [0.2, 0.25) is 0 Å². The van der Waals surface area contributed by atoms with E-state index in [1.807, 2.05) is 0 Å². The number of rotatable bonds is 0. The Morgan fingerprint density at radius 2 is 1.64 bits per heavy atom. The Balaban J connectivity index is 2.53. The van der Waals surface area contributed by atoms with E-state index >= 15 is 0 Å². The first-order valence-electron chi connectivity index (χ1n) is 3.98. The molecule has 56 valence electrons. The minimum Gasteiger partial charge on any atom is -0.0514 e. The standard InChI is InChI=1S/C11H12/c1-7-4-10-6-8(2)9(3)11(10)5-7/h4-6H,1-3H3. The van der Waals surface area contributed by atoms with E-state index in [0.717, 1.165) is 0 Å². The summed E-state index contributed by atoms with van der Waals surface area (Å²) >= 11 is 0. The third kappa shape index (κ3) is 0.823. The lowest BCUT2D eigenvalue weighted by Crippen LogP contribution is -1.78. The average Bonchev–Trinajstić information content (AvgIpc) is 2.37. The normalized spacial score (nSPS) is 21.5. The van der Waals surface area contributed by atoms with Crippen LogP contribution in [0.1, 0.15) is 20.8 Å². The molecule has 0 saturated carbocycles.